The van der Waals surface area contributed by atoms with Crippen LogP contribution in [0.2, 0.25) is 0 Å². The van der Waals surface area contributed by atoms with E-state index in [1.54, 1.807) is 0 Å². The van der Waals surface area contributed by atoms with Gasteiger partial charge in [-0.1, -0.05) is 45.9 Å². The summed E-state index contributed by atoms with van der Waals surface area (Å²) in [5.74, 6) is 1.39. The van der Waals surface area contributed by atoms with Gasteiger partial charge >= 0.3 is 0 Å². The first-order valence-electron chi connectivity index (χ1n) is 7.89. The smallest absolute Gasteiger partial charge is 0.167 e. The fourth-order valence-electron chi connectivity index (χ4n) is 2.94. The fraction of sp³-hybridized carbons (Fsp3) is 0.611. The van der Waals surface area contributed by atoms with Crippen LogP contribution in [0.3, 0.4) is 0 Å². The lowest BCUT2D eigenvalue weighted by Crippen LogP contribution is -2.34. The van der Waals surface area contributed by atoms with E-state index in [9.17, 15) is 4.79 Å². The van der Waals surface area contributed by atoms with Gasteiger partial charge in [0.1, 0.15) is 0 Å². The first-order valence-corrected chi connectivity index (χ1v) is 7.89. The van der Waals surface area contributed by atoms with Crippen LogP contribution in [0.25, 0.3) is 0 Å². The van der Waals surface area contributed by atoms with Crippen LogP contribution in [0.1, 0.15) is 73.9 Å². The average molecular weight is 273 g/mol. The molecular formula is C18H27NO. The van der Waals surface area contributed by atoms with Gasteiger partial charge in [0, 0.05) is 18.0 Å². The Hall–Kier alpha value is -1.15. The molecule has 2 nitrogen and oxygen atoms in total. The zero-order chi connectivity index (χ0) is 14.7. The topological polar surface area (TPSA) is 29.1 Å². The van der Waals surface area contributed by atoms with E-state index in [0.29, 0.717) is 17.6 Å². The number of carbonyl (C=O) groups excluding carboxylic acids is 1. The number of rotatable bonds is 4. The van der Waals surface area contributed by atoms with Gasteiger partial charge in [0.25, 0.3) is 0 Å². The minimum Gasteiger partial charge on any atom is -0.316 e. The number of nitrogens with one attached hydrogen (secondary N) is 1. The third-order valence-corrected chi connectivity index (χ3v) is 4.30. The van der Waals surface area contributed by atoms with Gasteiger partial charge in [-0.2, -0.15) is 0 Å². The highest BCUT2D eigenvalue weighted by Gasteiger charge is 2.25. The summed E-state index contributed by atoms with van der Waals surface area (Å²) in [4.78, 5) is 12.8. The summed E-state index contributed by atoms with van der Waals surface area (Å²) in [7, 11) is 0. The maximum atomic E-state index is 12.8. The van der Waals surface area contributed by atoms with E-state index in [1.165, 1.54) is 11.1 Å². The van der Waals surface area contributed by atoms with Crippen LogP contribution in [0.5, 0.6) is 0 Å². The van der Waals surface area contributed by atoms with Crippen LogP contribution in [0.4, 0.5) is 0 Å². The van der Waals surface area contributed by atoms with Crippen molar-refractivity contribution >= 4 is 5.78 Å². The molecule has 1 aromatic carbocycles. The number of ketones is 1. The van der Waals surface area contributed by atoms with Gasteiger partial charge in [0.2, 0.25) is 0 Å². The van der Waals surface area contributed by atoms with Crippen molar-refractivity contribution in [2.24, 2.45) is 5.92 Å². The van der Waals surface area contributed by atoms with E-state index in [4.69, 9.17) is 0 Å². The molecule has 1 atom stereocenters. The van der Waals surface area contributed by atoms with Crippen molar-refractivity contribution in [3.05, 3.63) is 34.9 Å². The van der Waals surface area contributed by atoms with Crippen LogP contribution in [-0.2, 0) is 0 Å². The summed E-state index contributed by atoms with van der Waals surface area (Å²) in [6.45, 7) is 10.6. The van der Waals surface area contributed by atoms with Crippen molar-refractivity contribution in [2.75, 3.05) is 13.1 Å². The Bertz CT molecular complexity index is 470. The molecule has 0 radical (unpaired) electrons. The van der Waals surface area contributed by atoms with Crippen molar-refractivity contribution in [2.45, 2.75) is 52.4 Å². The number of benzene rings is 1. The van der Waals surface area contributed by atoms with E-state index in [0.717, 1.165) is 31.5 Å². The number of carbonyl (C=O) groups is 1. The zero-order valence-corrected chi connectivity index (χ0v) is 13.2. The lowest BCUT2D eigenvalue weighted by molar-refractivity contribution is 0.0898. The highest BCUT2D eigenvalue weighted by atomic mass is 16.1. The second-order valence-electron chi connectivity index (χ2n) is 6.56. The molecule has 2 rings (SSSR count). The molecule has 1 N–H and O–H groups in total. The summed E-state index contributed by atoms with van der Waals surface area (Å²) in [5, 5.41) is 3.34. The van der Waals surface area contributed by atoms with E-state index in [2.05, 4.69) is 51.2 Å². The third kappa shape index (κ3) is 3.29. The number of piperidine rings is 1. The van der Waals surface area contributed by atoms with Gasteiger partial charge in [-0.3, -0.25) is 4.79 Å². The Labute approximate surface area is 123 Å². The van der Waals surface area contributed by atoms with Crippen molar-refractivity contribution < 1.29 is 4.79 Å². The van der Waals surface area contributed by atoms with Crippen LogP contribution in [0.15, 0.2) is 18.2 Å². The number of hydrogen-bond donors (Lipinski definition) is 1. The first kappa shape index (κ1) is 15.2. The van der Waals surface area contributed by atoms with Gasteiger partial charge in [0.15, 0.2) is 5.78 Å². The second kappa shape index (κ2) is 6.53. The molecule has 1 saturated heterocycles. The molecule has 1 fully saturated rings. The lowest BCUT2D eigenvalue weighted by Gasteiger charge is -2.24. The standard InChI is InChI=1S/C18H27NO/c1-12(2)14-7-8-16(17(10-14)13(3)4)18(20)15-6-5-9-19-11-15/h7-8,10,12-13,15,19H,5-6,9,11H2,1-4H3. The Morgan fingerprint density at radius 2 is 1.95 bits per heavy atom. The predicted molar refractivity (Wildman–Crippen MR) is 84.5 cm³/mol. The SMILES string of the molecule is CC(C)c1ccc(C(=O)C2CCCNC2)c(C(C)C)c1. The van der Waals surface area contributed by atoms with Crippen LogP contribution >= 0.6 is 0 Å². The van der Waals surface area contributed by atoms with Crippen molar-refractivity contribution in [3.8, 4) is 0 Å². The highest BCUT2D eigenvalue weighted by Crippen LogP contribution is 2.28. The highest BCUT2D eigenvalue weighted by molar-refractivity contribution is 5.99. The maximum Gasteiger partial charge on any atom is 0.167 e. The molecule has 20 heavy (non-hydrogen) atoms. The molecule has 2 heteroatoms. The molecule has 0 bridgehead atoms. The molecule has 110 valence electrons. The number of hydrogen-bond acceptors (Lipinski definition) is 2. The summed E-state index contributed by atoms with van der Waals surface area (Å²) in [5.41, 5.74) is 3.48. The molecule has 1 aromatic rings. The lowest BCUT2D eigenvalue weighted by atomic mass is 9.84. The summed E-state index contributed by atoms with van der Waals surface area (Å²) in [6.07, 6.45) is 2.13. The van der Waals surface area contributed by atoms with Crippen LogP contribution < -0.4 is 5.32 Å². The van der Waals surface area contributed by atoms with Crippen LogP contribution in [-0.4, -0.2) is 18.9 Å². The molecule has 0 aromatic heterocycles. The summed E-state index contributed by atoms with van der Waals surface area (Å²) >= 11 is 0. The Morgan fingerprint density at radius 1 is 1.20 bits per heavy atom. The predicted octanol–water partition coefficient (Wildman–Crippen LogP) is 4.12. The largest absolute Gasteiger partial charge is 0.316 e. The Kier molecular flexibility index (Phi) is 4.98. The van der Waals surface area contributed by atoms with Gasteiger partial charge in [-0.05, 0) is 42.3 Å². The third-order valence-electron chi connectivity index (χ3n) is 4.30. The summed E-state index contributed by atoms with van der Waals surface area (Å²) in [6, 6.07) is 6.42. The zero-order valence-electron chi connectivity index (χ0n) is 13.2. The van der Waals surface area contributed by atoms with Crippen molar-refractivity contribution in [1.29, 1.82) is 0 Å². The molecule has 0 aliphatic carbocycles. The Morgan fingerprint density at radius 3 is 2.50 bits per heavy atom. The van der Waals surface area contributed by atoms with E-state index in [-0.39, 0.29) is 5.92 Å². The maximum absolute atomic E-state index is 12.8. The average Bonchev–Trinajstić information content (AvgIpc) is 2.46. The molecule has 0 spiro atoms. The Balaban J connectivity index is 2.32. The molecule has 0 amide bonds. The minimum atomic E-state index is 0.158. The molecular weight excluding hydrogens is 246 g/mol. The van der Waals surface area contributed by atoms with Crippen LogP contribution in [0, 0.1) is 5.92 Å². The second-order valence-corrected chi connectivity index (χ2v) is 6.56. The first-order chi connectivity index (χ1) is 9.50. The van der Waals surface area contributed by atoms with Crippen molar-refractivity contribution in [3.63, 3.8) is 0 Å². The van der Waals surface area contributed by atoms with E-state index < -0.39 is 0 Å². The molecule has 1 unspecified atom stereocenters. The van der Waals surface area contributed by atoms with Gasteiger partial charge < -0.3 is 5.32 Å². The van der Waals surface area contributed by atoms with Gasteiger partial charge in [-0.15, -0.1) is 0 Å². The quantitative estimate of drug-likeness (QED) is 0.836. The molecule has 1 heterocycles. The fourth-order valence-corrected chi connectivity index (χ4v) is 2.94. The summed E-state index contributed by atoms with van der Waals surface area (Å²) < 4.78 is 0. The van der Waals surface area contributed by atoms with Crippen molar-refractivity contribution in [1.82, 2.24) is 5.32 Å². The van der Waals surface area contributed by atoms with Gasteiger partial charge in [-0.25, -0.2) is 0 Å². The molecule has 1 aliphatic heterocycles. The van der Waals surface area contributed by atoms with E-state index in [1.807, 2.05) is 0 Å². The minimum absolute atomic E-state index is 0.158. The van der Waals surface area contributed by atoms with E-state index >= 15 is 0 Å². The molecule has 1 aliphatic rings. The normalized spacial score (nSPS) is 19.6. The molecule has 0 saturated carbocycles. The van der Waals surface area contributed by atoms with Gasteiger partial charge in [0.05, 0.1) is 0 Å². The number of Topliss-reactive ketones (excluding diaryl/α,β-unsaturated/α-hetero) is 1. The monoisotopic (exact) mass is 273 g/mol.